The first kappa shape index (κ1) is 44.1. The van der Waals surface area contributed by atoms with Gasteiger partial charge >= 0.3 is 11.9 Å². The van der Waals surface area contributed by atoms with Crippen LogP contribution in [0.25, 0.3) is 0 Å². The third kappa shape index (κ3) is 35.0. The third-order valence-electron chi connectivity index (χ3n) is 8.41. The van der Waals surface area contributed by atoms with Crippen molar-refractivity contribution in [3.05, 3.63) is 36.5 Å². The molecule has 268 valence electrons. The maximum Gasteiger partial charge on any atom is 0.306 e. The normalized spacial score (nSPS) is 12.5. The average Bonchev–Trinajstić information content (AvgIpc) is 3.06. The molecule has 0 saturated heterocycles. The van der Waals surface area contributed by atoms with E-state index >= 15 is 0 Å². The fraction of sp³-hybridized carbons (Fsp3) is 0.805. The lowest BCUT2D eigenvalue weighted by Gasteiger charge is -2.15. The highest BCUT2D eigenvalue weighted by atomic mass is 16.6. The number of unbranched alkanes of at least 4 members (excludes halogenated alkanes) is 21. The Bertz CT molecular complexity index is 741. The van der Waals surface area contributed by atoms with Gasteiger partial charge in [0.2, 0.25) is 0 Å². The van der Waals surface area contributed by atoms with E-state index in [0.29, 0.717) is 12.8 Å². The van der Waals surface area contributed by atoms with E-state index in [1.165, 1.54) is 116 Å². The van der Waals surface area contributed by atoms with Crippen molar-refractivity contribution >= 4 is 11.9 Å². The summed E-state index contributed by atoms with van der Waals surface area (Å²) >= 11 is 0. The van der Waals surface area contributed by atoms with Crippen LogP contribution in [0, 0.1) is 0 Å². The van der Waals surface area contributed by atoms with Gasteiger partial charge in [-0.25, -0.2) is 0 Å². The first-order valence-corrected chi connectivity index (χ1v) is 19.5. The molecular weight excluding hydrogens is 572 g/mol. The molecule has 0 saturated carbocycles. The first-order chi connectivity index (χ1) is 22.6. The molecule has 0 aliphatic rings. The van der Waals surface area contributed by atoms with E-state index < -0.39 is 6.10 Å². The molecule has 0 spiro atoms. The van der Waals surface area contributed by atoms with Crippen LogP contribution in [0.3, 0.4) is 0 Å². The van der Waals surface area contributed by atoms with Crippen LogP contribution < -0.4 is 0 Å². The standard InChI is InChI=1S/C41H74O5/c1-3-5-7-9-11-13-15-17-19-20-22-24-26-28-30-32-34-36-41(44)46-39(37-42)38-45-40(43)35-33-31-29-27-25-23-21-18-16-14-12-10-8-6-4-2/h12,14,17-19,21,39,42H,3-11,13,15-16,20,22-38H2,1-2H3/b14-12-,19-17-,21-18-/t39-/m0/s1. The summed E-state index contributed by atoms with van der Waals surface area (Å²) in [5.41, 5.74) is 0. The van der Waals surface area contributed by atoms with E-state index in [1.54, 1.807) is 0 Å². The van der Waals surface area contributed by atoms with Gasteiger partial charge in [0, 0.05) is 12.8 Å². The molecule has 0 amide bonds. The lowest BCUT2D eigenvalue weighted by atomic mass is 10.1. The summed E-state index contributed by atoms with van der Waals surface area (Å²) < 4.78 is 10.6. The number of ether oxygens (including phenoxy) is 2. The molecule has 0 aromatic carbocycles. The van der Waals surface area contributed by atoms with Gasteiger partial charge < -0.3 is 14.6 Å². The number of allylic oxidation sites excluding steroid dienone is 6. The average molecular weight is 647 g/mol. The number of esters is 2. The molecule has 0 bridgehead atoms. The van der Waals surface area contributed by atoms with Crippen LogP contribution in [-0.2, 0) is 19.1 Å². The number of hydrogen-bond acceptors (Lipinski definition) is 5. The molecule has 0 aromatic rings. The second kappa shape index (κ2) is 37.6. The lowest BCUT2D eigenvalue weighted by molar-refractivity contribution is -0.161. The molecule has 0 rings (SSSR count). The van der Waals surface area contributed by atoms with E-state index in [2.05, 4.69) is 50.3 Å². The highest BCUT2D eigenvalue weighted by Gasteiger charge is 2.16. The molecule has 1 N–H and O–H groups in total. The predicted octanol–water partition coefficient (Wildman–Crippen LogP) is 12.1. The summed E-state index contributed by atoms with van der Waals surface area (Å²) in [6.45, 7) is 4.09. The second-order valence-corrected chi connectivity index (χ2v) is 13.0. The SMILES string of the molecule is CCCCC/C=C\C/C=C\CCCCCCCC(=O)OC[C@H](CO)OC(=O)CCCCCCCCC/C=C\CCCCCCCC. The Balaban J connectivity index is 3.58. The molecule has 0 aromatic heterocycles. The maximum atomic E-state index is 12.2. The van der Waals surface area contributed by atoms with Gasteiger partial charge in [-0.2, -0.15) is 0 Å². The Morgan fingerprint density at radius 1 is 0.500 bits per heavy atom. The van der Waals surface area contributed by atoms with E-state index in [-0.39, 0.29) is 25.2 Å². The molecule has 0 unspecified atom stereocenters. The van der Waals surface area contributed by atoms with Crippen molar-refractivity contribution in [2.75, 3.05) is 13.2 Å². The summed E-state index contributed by atoms with van der Waals surface area (Å²) in [5, 5.41) is 9.54. The van der Waals surface area contributed by atoms with Gasteiger partial charge in [-0.15, -0.1) is 0 Å². The number of aliphatic hydroxyl groups is 1. The summed E-state index contributed by atoms with van der Waals surface area (Å²) in [7, 11) is 0. The Kier molecular flexibility index (Phi) is 36.0. The van der Waals surface area contributed by atoms with Gasteiger partial charge in [-0.05, 0) is 70.6 Å². The smallest absolute Gasteiger partial charge is 0.306 e. The van der Waals surface area contributed by atoms with Crippen LogP contribution in [0.4, 0.5) is 0 Å². The fourth-order valence-electron chi connectivity index (χ4n) is 5.40. The van der Waals surface area contributed by atoms with Crippen LogP contribution in [0.15, 0.2) is 36.5 Å². The maximum absolute atomic E-state index is 12.2. The zero-order valence-corrected chi connectivity index (χ0v) is 30.3. The number of carbonyl (C=O) groups is 2. The third-order valence-corrected chi connectivity index (χ3v) is 8.41. The second-order valence-electron chi connectivity index (χ2n) is 13.0. The van der Waals surface area contributed by atoms with Crippen molar-refractivity contribution in [2.45, 2.75) is 200 Å². The Morgan fingerprint density at radius 3 is 1.35 bits per heavy atom. The molecule has 46 heavy (non-hydrogen) atoms. The van der Waals surface area contributed by atoms with E-state index in [9.17, 15) is 14.7 Å². The minimum atomic E-state index is -0.777. The van der Waals surface area contributed by atoms with Gasteiger partial charge in [-0.1, -0.05) is 147 Å². The van der Waals surface area contributed by atoms with Crippen molar-refractivity contribution in [1.29, 1.82) is 0 Å². The Morgan fingerprint density at radius 2 is 0.870 bits per heavy atom. The van der Waals surface area contributed by atoms with Crippen LogP contribution in [-0.4, -0.2) is 36.4 Å². The topological polar surface area (TPSA) is 72.8 Å². The van der Waals surface area contributed by atoms with E-state index in [4.69, 9.17) is 9.47 Å². The number of carbonyl (C=O) groups excluding carboxylic acids is 2. The molecule has 5 heteroatoms. The predicted molar refractivity (Wildman–Crippen MR) is 196 cm³/mol. The summed E-state index contributed by atoms with van der Waals surface area (Å²) in [6.07, 6.45) is 44.8. The molecule has 0 heterocycles. The molecule has 0 fully saturated rings. The Hall–Kier alpha value is -1.88. The lowest BCUT2D eigenvalue weighted by Crippen LogP contribution is -2.28. The molecular formula is C41H74O5. The zero-order chi connectivity index (χ0) is 33.6. The van der Waals surface area contributed by atoms with Crippen molar-refractivity contribution in [2.24, 2.45) is 0 Å². The molecule has 0 aliphatic carbocycles. The molecule has 5 nitrogen and oxygen atoms in total. The Labute approximate surface area is 285 Å². The summed E-state index contributed by atoms with van der Waals surface area (Å²) in [4.78, 5) is 24.2. The highest BCUT2D eigenvalue weighted by molar-refractivity contribution is 5.70. The molecule has 0 aliphatic heterocycles. The van der Waals surface area contributed by atoms with Gasteiger partial charge in [-0.3, -0.25) is 9.59 Å². The minimum Gasteiger partial charge on any atom is -0.462 e. The fourth-order valence-corrected chi connectivity index (χ4v) is 5.40. The number of aliphatic hydroxyl groups excluding tert-OH is 1. The van der Waals surface area contributed by atoms with Gasteiger partial charge in [0.25, 0.3) is 0 Å². The summed E-state index contributed by atoms with van der Waals surface area (Å²) in [6, 6.07) is 0. The van der Waals surface area contributed by atoms with E-state index in [1.807, 2.05) is 0 Å². The van der Waals surface area contributed by atoms with Crippen LogP contribution in [0.5, 0.6) is 0 Å². The minimum absolute atomic E-state index is 0.0738. The van der Waals surface area contributed by atoms with E-state index in [0.717, 1.165) is 51.4 Å². The van der Waals surface area contributed by atoms with Crippen LogP contribution in [0.2, 0.25) is 0 Å². The van der Waals surface area contributed by atoms with Gasteiger partial charge in [0.1, 0.15) is 6.61 Å². The number of rotatable bonds is 35. The van der Waals surface area contributed by atoms with Crippen LogP contribution in [0.1, 0.15) is 194 Å². The molecule has 1 atom stereocenters. The monoisotopic (exact) mass is 647 g/mol. The van der Waals surface area contributed by atoms with Crippen molar-refractivity contribution in [3.8, 4) is 0 Å². The number of hydrogen-bond donors (Lipinski definition) is 1. The van der Waals surface area contributed by atoms with Crippen molar-refractivity contribution in [3.63, 3.8) is 0 Å². The highest BCUT2D eigenvalue weighted by Crippen LogP contribution is 2.13. The van der Waals surface area contributed by atoms with Crippen LogP contribution >= 0.6 is 0 Å². The quantitative estimate of drug-likeness (QED) is 0.0421. The largest absolute Gasteiger partial charge is 0.462 e. The first-order valence-electron chi connectivity index (χ1n) is 19.5. The zero-order valence-electron chi connectivity index (χ0n) is 30.3. The van der Waals surface area contributed by atoms with Gasteiger partial charge in [0.05, 0.1) is 6.61 Å². The van der Waals surface area contributed by atoms with Crippen molar-refractivity contribution in [1.82, 2.24) is 0 Å². The summed E-state index contributed by atoms with van der Waals surface area (Å²) in [5.74, 6) is -0.610. The van der Waals surface area contributed by atoms with Crippen molar-refractivity contribution < 1.29 is 24.2 Å². The van der Waals surface area contributed by atoms with Gasteiger partial charge in [0.15, 0.2) is 6.10 Å². The molecule has 0 radical (unpaired) electrons.